The van der Waals surface area contributed by atoms with E-state index in [1.807, 2.05) is 24.3 Å². The molecular weight excluding hydrogens is 352 g/mol. The molecule has 3 rings (SSSR count). The summed E-state index contributed by atoms with van der Waals surface area (Å²) in [5, 5.41) is 2.56. The highest BCUT2D eigenvalue weighted by Crippen LogP contribution is 2.26. The van der Waals surface area contributed by atoms with Crippen molar-refractivity contribution in [3.05, 3.63) is 60.4 Å². The third kappa shape index (κ3) is 3.43. The fraction of sp³-hybridized carbons (Fsp3) is 0.105. The Morgan fingerprint density at radius 2 is 1.96 bits per heavy atom. The molecule has 0 bridgehead atoms. The van der Waals surface area contributed by atoms with E-state index < -0.39 is 11.8 Å². The molecule has 1 N–H and O–H groups in total. The minimum atomic E-state index is -0.553. The van der Waals surface area contributed by atoms with E-state index in [-0.39, 0.29) is 17.2 Å². The molecule has 0 unspecified atom stereocenters. The van der Waals surface area contributed by atoms with Crippen LogP contribution in [0.15, 0.2) is 59.0 Å². The van der Waals surface area contributed by atoms with Crippen LogP contribution < -0.4 is 10.1 Å². The number of rotatable bonds is 5. The maximum absolute atomic E-state index is 12.5. The van der Waals surface area contributed by atoms with Crippen molar-refractivity contribution in [3.8, 4) is 17.1 Å². The molecule has 1 aliphatic rings. The predicted octanol–water partition coefficient (Wildman–Crippen LogP) is 2.77. The van der Waals surface area contributed by atoms with Crippen LogP contribution in [0.4, 0.5) is 0 Å². The normalized spacial score (nSPS) is 16.0. The van der Waals surface area contributed by atoms with Gasteiger partial charge < -0.3 is 9.15 Å². The van der Waals surface area contributed by atoms with Crippen LogP contribution in [0.2, 0.25) is 0 Å². The number of hydrogen-bond acceptors (Lipinski definition) is 5. The second-order valence-corrected chi connectivity index (χ2v) is 5.84. The van der Waals surface area contributed by atoms with Crippen LogP contribution in [-0.2, 0) is 9.59 Å². The Morgan fingerprint density at radius 1 is 1.23 bits per heavy atom. The molecule has 0 spiro atoms. The number of nitrogens with zero attached hydrogens (tertiary/aromatic N) is 1. The Labute approximate surface area is 155 Å². The van der Waals surface area contributed by atoms with Gasteiger partial charge in [-0.3, -0.25) is 19.8 Å². The van der Waals surface area contributed by atoms with Gasteiger partial charge >= 0.3 is 0 Å². The summed E-state index contributed by atoms with van der Waals surface area (Å²) in [5.74, 6) is 0.705. The molecule has 0 atom stereocenters. The Bertz CT molecular complexity index is 912. The van der Waals surface area contributed by atoms with Gasteiger partial charge in [0.25, 0.3) is 11.8 Å². The molecular formula is C19H16N2O4S. The highest BCUT2D eigenvalue weighted by molar-refractivity contribution is 7.80. The van der Waals surface area contributed by atoms with Crippen LogP contribution in [-0.4, -0.2) is 35.5 Å². The van der Waals surface area contributed by atoms with Crippen molar-refractivity contribution < 1.29 is 18.7 Å². The lowest BCUT2D eigenvalue weighted by atomic mass is 10.1. The molecule has 6 nitrogen and oxygen atoms in total. The summed E-state index contributed by atoms with van der Waals surface area (Å²) >= 11 is 5.02. The van der Waals surface area contributed by atoms with E-state index in [9.17, 15) is 9.59 Å². The van der Waals surface area contributed by atoms with E-state index in [0.717, 1.165) is 11.3 Å². The van der Waals surface area contributed by atoms with Gasteiger partial charge in [-0.25, -0.2) is 0 Å². The van der Waals surface area contributed by atoms with E-state index >= 15 is 0 Å². The number of amides is 2. The topological polar surface area (TPSA) is 71.8 Å². The van der Waals surface area contributed by atoms with Crippen molar-refractivity contribution in [1.82, 2.24) is 10.2 Å². The van der Waals surface area contributed by atoms with Gasteiger partial charge in [0.15, 0.2) is 5.11 Å². The summed E-state index contributed by atoms with van der Waals surface area (Å²) in [6.07, 6.45) is 2.94. The third-order valence-electron chi connectivity index (χ3n) is 3.79. The van der Waals surface area contributed by atoms with Crippen molar-refractivity contribution in [2.45, 2.75) is 0 Å². The van der Waals surface area contributed by atoms with Crippen molar-refractivity contribution in [1.29, 1.82) is 0 Å². The minimum absolute atomic E-state index is 0.0453. The van der Waals surface area contributed by atoms with Gasteiger partial charge in [-0.15, -0.1) is 6.58 Å². The molecule has 26 heavy (non-hydrogen) atoms. The quantitative estimate of drug-likeness (QED) is 0.380. The van der Waals surface area contributed by atoms with Crippen LogP contribution in [0.3, 0.4) is 0 Å². The zero-order chi connectivity index (χ0) is 18.7. The highest BCUT2D eigenvalue weighted by atomic mass is 32.1. The van der Waals surface area contributed by atoms with Gasteiger partial charge in [-0.2, -0.15) is 0 Å². The van der Waals surface area contributed by atoms with Gasteiger partial charge in [-0.1, -0.05) is 6.08 Å². The van der Waals surface area contributed by atoms with Crippen LogP contribution in [0.1, 0.15) is 5.76 Å². The molecule has 1 aromatic carbocycles. The Kier molecular flexibility index (Phi) is 4.99. The number of ether oxygens (including phenoxy) is 1. The van der Waals surface area contributed by atoms with Crippen molar-refractivity contribution in [3.63, 3.8) is 0 Å². The number of hydrogen-bond donors (Lipinski definition) is 1. The lowest BCUT2D eigenvalue weighted by Gasteiger charge is -2.27. The Morgan fingerprint density at radius 3 is 2.62 bits per heavy atom. The lowest BCUT2D eigenvalue weighted by molar-refractivity contribution is -0.128. The Hall–Kier alpha value is -3.19. The SMILES string of the molecule is C=CCN1C(=O)C(=Cc2ccc(-c3ccc(OC)cc3)o2)C(=O)NC1=S. The number of nitrogens with one attached hydrogen (secondary N) is 1. The number of furan rings is 1. The van der Waals surface area contributed by atoms with Crippen molar-refractivity contribution in [2.24, 2.45) is 0 Å². The van der Waals surface area contributed by atoms with Crippen LogP contribution in [0.25, 0.3) is 17.4 Å². The van der Waals surface area contributed by atoms with Gasteiger partial charge in [-0.05, 0) is 54.7 Å². The van der Waals surface area contributed by atoms with Crippen LogP contribution >= 0.6 is 12.2 Å². The molecule has 132 valence electrons. The van der Waals surface area contributed by atoms with Gasteiger partial charge in [0.05, 0.1) is 7.11 Å². The van der Waals surface area contributed by atoms with E-state index in [0.29, 0.717) is 11.5 Å². The van der Waals surface area contributed by atoms with Gasteiger partial charge in [0.1, 0.15) is 22.8 Å². The Balaban J connectivity index is 1.88. The second kappa shape index (κ2) is 7.37. The molecule has 1 fully saturated rings. The molecule has 0 aliphatic carbocycles. The number of methoxy groups -OCH3 is 1. The summed E-state index contributed by atoms with van der Waals surface area (Å²) in [5.41, 5.74) is 0.806. The third-order valence-corrected chi connectivity index (χ3v) is 4.11. The second-order valence-electron chi connectivity index (χ2n) is 5.45. The standard InChI is InChI=1S/C19H16N2O4S/c1-3-10-21-18(23)15(17(22)20-19(21)26)11-14-8-9-16(25-14)12-4-6-13(24-2)7-5-12/h3-9,11H,1,10H2,2H3,(H,20,22,26). The van der Waals surface area contributed by atoms with Crippen LogP contribution in [0, 0.1) is 0 Å². The zero-order valence-electron chi connectivity index (χ0n) is 14.0. The van der Waals surface area contributed by atoms with Crippen molar-refractivity contribution >= 4 is 35.2 Å². The highest BCUT2D eigenvalue weighted by Gasteiger charge is 2.32. The average Bonchev–Trinajstić information content (AvgIpc) is 3.11. The fourth-order valence-electron chi connectivity index (χ4n) is 2.47. The van der Waals surface area contributed by atoms with Gasteiger partial charge in [0, 0.05) is 12.1 Å². The molecule has 1 saturated heterocycles. The first kappa shape index (κ1) is 17.6. The largest absolute Gasteiger partial charge is 0.497 e. The van der Waals surface area contributed by atoms with E-state index in [4.69, 9.17) is 21.4 Å². The summed E-state index contributed by atoms with van der Waals surface area (Å²) in [6.45, 7) is 3.80. The van der Waals surface area contributed by atoms with E-state index in [2.05, 4.69) is 11.9 Å². The molecule has 1 aliphatic heterocycles. The maximum Gasteiger partial charge on any atom is 0.266 e. The first-order valence-corrected chi connectivity index (χ1v) is 8.18. The number of thiocarbonyl (C=S) groups is 1. The smallest absolute Gasteiger partial charge is 0.266 e. The summed E-state index contributed by atoms with van der Waals surface area (Å²) in [6, 6.07) is 10.8. The molecule has 0 saturated carbocycles. The number of carbonyl (C=O) groups is 2. The predicted molar refractivity (Wildman–Crippen MR) is 101 cm³/mol. The lowest BCUT2D eigenvalue weighted by Crippen LogP contribution is -2.53. The number of carbonyl (C=O) groups excluding carboxylic acids is 2. The van der Waals surface area contributed by atoms with E-state index in [1.54, 1.807) is 19.2 Å². The molecule has 2 heterocycles. The zero-order valence-corrected chi connectivity index (χ0v) is 14.8. The molecule has 2 amide bonds. The van der Waals surface area contributed by atoms with Crippen LogP contribution in [0.5, 0.6) is 5.75 Å². The monoisotopic (exact) mass is 368 g/mol. The fourth-order valence-corrected chi connectivity index (χ4v) is 2.72. The molecule has 7 heteroatoms. The molecule has 0 radical (unpaired) electrons. The first-order valence-electron chi connectivity index (χ1n) is 7.77. The maximum atomic E-state index is 12.5. The molecule has 1 aromatic heterocycles. The summed E-state index contributed by atoms with van der Waals surface area (Å²) in [4.78, 5) is 25.9. The summed E-state index contributed by atoms with van der Waals surface area (Å²) in [7, 11) is 1.60. The first-order chi connectivity index (χ1) is 12.5. The van der Waals surface area contributed by atoms with Gasteiger partial charge in [0.2, 0.25) is 0 Å². The van der Waals surface area contributed by atoms with E-state index in [1.165, 1.54) is 17.1 Å². The molecule has 2 aromatic rings. The van der Waals surface area contributed by atoms with Crippen molar-refractivity contribution in [2.75, 3.05) is 13.7 Å². The minimum Gasteiger partial charge on any atom is -0.497 e. The average molecular weight is 368 g/mol. The summed E-state index contributed by atoms with van der Waals surface area (Å²) < 4.78 is 10.9. The number of benzene rings is 1.